The van der Waals surface area contributed by atoms with E-state index in [-0.39, 0.29) is 5.91 Å². The Bertz CT molecular complexity index is 1090. The van der Waals surface area contributed by atoms with E-state index in [9.17, 15) is 4.79 Å². The molecule has 0 radical (unpaired) electrons. The number of benzene rings is 2. The predicted octanol–water partition coefficient (Wildman–Crippen LogP) is 3.76. The fourth-order valence-electron chi connectivity index (χ4n) is 4.20. The number of aryl methyl sites for hydroxylation is 2. The van der Waals surface area contributed by atoms with Gasteiger partial charge in [-0.25, -0.2) is 0 Å². The highest BCUT2D eigenvalue weighted by molar-refractivity contribution is 5.95. The van der Waals surface area contributed by atoms with Gasteiger partial charge in [-0.15, -0.1) is 0 Å². The molecule has 2 heterocycles. The molecule has 8 heteroatoms. The van der Waals surface area contributed by atoms with Gasteiger partial charge < -0.3 is 18.9 Å². The number of piperazine rings is 1. The number of hydrogen-bond acceptors (Lipinski definition) is 7. The Kier molecular flexibility index (Phi) is 7.47. The fourth-order valence-corrected chi connectivity index (χ4v) is 4.20. The van der Waals surface area contributed by atoms with Crippen LogP contribution in [0, 0.1) is 13.8 Å². The number of carbonyl (C=O) groups is 1. The number of methoxy groups -OCH3 is 2. The van der Waals surface area contributed by atoms with Crippen molar-refractivity contribution in [2.75, 3.05) is 46.9 Å². The summed E-state index contributed by atoms with van der Waals surface area (Å²) < 4.78 is 16.3. The monoisotopic (exact) mass is 464 g/mol. The Balaban J connectivity index is 1.25. The predicted molar refractivity (Wildman–Crippen MR) is 129 cm³/mol. The third-order valence-corrected chi connectivity index (χ3v) is 6.30. The molecule has 1 aliphatic rings. The number of hydrogen-bond donors (Lipinski definition) is 0. The molecule has 0 atom stereocenters. The lowest BCUT2D eigenvalue weighted by atomic mass is 10.1. The topological polar surface area (TPSA) is 80.9 Å². The van der Waals surface area contributed by atoms with Crippen LogP contribution in [0.15, 0.2) is 40.9 Å². The van der Waals surface area contributed by atoms with Gasteiger partial charge in [0, 0.05) is 49.3 Å². The summed E-state index contributed by atoms with van der Waals surface area (Å²) in [4.78, 5) is 21.9. The molecule has 3 aromatic rings. The zero-order valence-corrected chi connectivity index (χ0v) is 20.3. The number of amides is 1. The maximum atomic E-state index is 13.1. The standard InChI is InChI=1S/C26H32N4O4/c1-18-7-9-20(10-8-18)25-27-24(34-28-25)6-5-11-29-12-14-30(15-13-29)26(31)21-16-22(32-3)19(2)23(17-21)33-4/h7-10,16-17H,5-6,11-15H2,1-4H3. The summed E-state index contributed by atoms with van der Waals surface area (Å²) in [6, 6.07) is 11.7. The second-order valence-electron chi connectivity index (χ2n) is 8.62. The zero-order chi connectivity index (χ0) is 24.1. The van der Waals surface area contributed by atoms with Crippen LogP contribution in [0.1, 0.15) is 33.8 Å². The third kappa shape index (κ3) is 5.39. The minimum absolute atomic E-state index is 0.00532. The first-order valence-corrected chi connectivity index (χ1v) is 11.6. The molecule has 0 spiro atoms. The van der Waals surface area contributed by atoms with Crippen molar-refractivity contribution in [1.82, 2.24) is 19.9 Å². The molecule has 4 rings (SSSR count). The van der Waals surface area contributed by atoms with Gasteiger partial charge in [-0.2, -0.15) is 4.98 Å². The van der Waals surface area contributed by atoms with Gasteiger partial charge >= 0.3 is 0 Å². The zero-order valence-electron chi connectivity index (χ0n) is 20.3. The Morgan fingerprint density at radius 3 is 2.26 bits per heavy atom. The number of nitrogens with zero attached hydrogens (tertiary/aromatic N) is 4. The normalized spacial score (nSPS) is 14.3. The van der Waals surface area contributed by atoms with E-state index < -0.39 is 0 Å². The molecule has 0 bridgehead atoms. The van der Waals surface area contributed by atoms with Crippen molar-refractivity contribution in [1.29, 1.82) is 0 Å². The SMILES string of the molecule is COc1cc(C(=O)N2CCN(CCCc3nc(-c4ccc(C)cc4)no3)CC2)cc(OC)c1C. The van der Waals surface area contributed by atoms with Gasteiger partial charge in [-0.3, -0.25) is 9.69 Å². The largest absolute Gasteiger partial charge is 0.496 e. The minimum atomic E-state index is 0.00532. The molecular weight excluding hydrogens is 432 g/mol. The summed E-state index contributed by atoms with van der Waals surface area (Å²) in [6.07, 6.45) is 1.66. The minimum Gasteiger partial charge on any atom is -0.496 e. The van der Waals surface area contributed by atoms with Crippen molar-refractivity contribution in [3.05, 3.63) is 59.0 Å². The molecule has 1 amide bonds. The molecule has 34 heavy (non-hydrogen) atoms. The lowest BCUT2D eigenvalue weighted by Gasteiger charge is -2.34. The van der Waals surface area contributed by atoms with Gasteiger partial charge in [0.2, 0.25) is 11.7 Å². The summed E-state index contributed by atoms with van der Waals surface area (Å²) in [6.45, 7) is 7.95. The molecule has 2 aromatic carbocycles. The molecule has 0 N–H and O–H groups in total. The number of ether oxygens (including phenoxy) is 2. The molecule has 1 fully saturated rings. The van der Waals surface area contributed by atoms with Crippen LogP contribution < -0.4 is 9.47 Å². The molecule has 8 nitrogen and oxygen atoms in total. The second-order valence-corrected chi connectivity index (χ2v) is 8.62. The quantitative estimate of drug-likeness (QED) is 0.502. The Morgan fingerprint density at radius 1 is 1.00 bits per heavy atom. The average molecular weight is 465 g/mol. The third-order valence-electron chi connectivity index (χ3n) is 6.30. The Hall–Kier alpha value is -3.39. The smallest absolute Gasteiger partial charge is 0.254 e. The van der Waals surface area contributed by atoms with Crippen LogP contribution in [0.25, 0.3) is 11.4 Å². The van der Waals surface area contributed by atoms with Crippen molar-refractivity contribution in [2.45, 2.75) is 26.7 Å². The molecule has 0 aliphatic carbocycles. The van der Waals surface area contributed by atoms with Gasteiger partial charge in [0.15, 0.2) is 0 Å². The van der Waals surface area contributed by atoms with E-state index >= 15 is 0 Å². The highest BCUT2D eigenvalue weighted by Crippen LogP contribution is 2.30. The summed E-state index contributed by atoms with van der Waals surface area (Å²) in [5.74, 6) is 2.62. The average Bonchev–Trinajstić information content (AvgIpc) is 3.33. The van der Waals surface area contributed by atoms with E-state index in [0.29, 0.717) is 41.9 Å². The lowest BCUT2D eigenvalue weighted by Crippen LogP contribution is -2.48. The van der Waals surface area contributed by atoms with E-state index in [0.717, 1.165) is 43.6 Å². The van der Waals surface area contributed by atoms with Crippen molar-refractivity contribution in [2.24, 2.45) is 0 Å². The van der Waals surface area contributed by atoms with Crippen molar-refractivity contribution >= 4 is 5.91 Å². The van der Waals surface area contributed by atoms with Gasteiger partial charge in [-0.1, -0.05) is 35.0 Å². The van der Waals surface area contributed by atoms with Crippen LogP contribution in [0.4, 0.5) is 0 Å². The van der Waals surface area contributed by atoms with E-state index in [1.54, 1.807) is 26.4 Å². The van der Waals surface area contributed by atoms with Gasteiger partial charge in [-0.05, 0) is 38.9 Å². The van der Waals surface area contributed by atoms with Crippen molar-refractivity contribution in [3.8, 4) is 22.9 Å². The van der Waals surface area contributed by atoms with Crippen LogP contribution in [-0.4, -0.2) is 72.8 Å². The van der Waals surface area contributed by atoms with Crippen LogP contribution in [0.2, 0.25) is 0 Å². The molecule has 180 valence electrons. The lowest BCUT2D eigenvalue weighted by molar-refractivity contribution is 0.0635. The summed E-state index contributed by atoms with van der Waals surface area (Å²) in [5, 5.41) is 4.11. The Labute approximate surface area is 200 Å². The first kappa shape index (κ1) is 23.8. The highest BCUT2D eigenvalue weighted by Gasteiger charge is 2.24. The van der Waals surface area contributed by atoms with Crippen LogP contribution in [-0.2, 0) is 6.42 Å². The maximum Gasteiger partial charge on any atom is 0.254 e. The van der Waals surface area contributed by atoms with Crippen LogP contribution in [0.5, 0.6) is 11.5 Å². The van der Waals surface area contributed by atoms with Crippen LogP contribution >= 0.6 is 0 Å². The van der Waals surface area contributed by atoms with E-state index in [1.165, 1.54) is 5.56 Å². The molecule has 1 saturated heterocycles. The summed E-state index contributed by atoms with van der Waals surface area (Å²) in [5.41, 5.74) is 3.64. The first-order valence-electron chi connectivity index (χ1n) is 11.6. The number of aromatic nitrogens is 2. The molecular formula is C26H32N4O4. The van der Waals surface area contributed by atoms with E-state index in [2.05, 4.69) is 22.0 Å². The fraction of sp³-hybridized carbons (Fsp3) is 0.423. The number of carbonyl (C=O) groups excluding carboxylic acids is 1. The highest BCUT2D eigenvalue weighted by atomic mass is 16.5. The Morgan fingerprint density at radius 2 is 1.65 bits per heavy atom. The summed E-state index contributed by atoms with van der Waals surface area (Å²) in [7, 11) is 3.21. The first-order chi connectivity index (χ1) is 16.5. The van der Waals surface area contributed by atoms with Gasteiger partial charge in [0.05, 0.1) is 14.2 Å². The maximum absolute atomic E-state index is 13.1. The van der Waals surface area contributed by atoms with E-state index in [1.807, 2.05) is 36.1 Å². The molecule has 0 unspecified atom stereocenters. The second kappa shape index (κ2) is 10.7. The van der Waals surface area contributed by atoms with Gasteiger partial charge in [0.25, 0.3) is 5.91 Å². The van der Waals surface area contributed by atoms with E-state index in [4.69, 9.17) is 14.0 Å². The number of rotatable bonds is 8. The summed E-state index contributed by atoms with van der Waals surface area (Å²) >= 11 is 0. The van der Waals surface area contributed by atoms with Crippen molar-refractivity contribution in [3.63, 3.8) is 0 Å². The molecule has 1 aromatic heterocycles. The molecule has 0 saturated carbocycles. The van der Waals surface area contributed by atoms with Gasteiger partial charge in [0.1, 0.15) is 11.5 Å². The van der Waals surface area contributed by atoms with Crippen molar-refractivity contribution < 1.29 is 18.8 Å². The molecule has 1 aliphatic heterocycles. The van der Waals surface area contributed by atoms with Crippen LogP contribution in [0.3, 0.4) is 0 Å².